The molecule has 2 aromatic heterocycles. The normalized spacial score (nSPS) is 11.0. The van der Waals surface area contributed by atoms with Crippen LogP contribution in [0.4, 0.5) is 5.69 Å². The molecule has 0 aliphatic carbocycles. The molecule has 2 heterocycles. The second kappa shape index (κ2) is 6.15. The molecule has 0 spiro atoms. The monoisotopic (exact) mass is 296 g/mol. The first-order valence-electron chi connectivity index (χ1n) is 7.40. The lowest BCUT2D eigenvalue weighted by atomic mass is 10.0. The zero-order chi connectivity index (χ0) is 15.5. The lowest BCUT2D eigenvalue weighted by Crippen LogP contribution is -2.11. The fraction of sp³-hybridized carbons (Fsp3) is 0.294. The van der Waals surface area contributed by atoms with Gasteiger partial charge in [0.1, 0.15) is 5.52 Å². The van der Waals surface area contributed by atoms with Crippen molar-refractivity contribution < 1.29 is 5.11 Å². The summed E-state index contributed by atoms with van der Waals surface area (Å²) in [4.78, 5) is 14.0. The number of hydrogen-bond donors (Lipinski definition) is 2. The summed E-state index contributed by atoms with van der Waals surface area (Å²) < 4.78 is 0. The van der Waals surface area contributed by atoms with Crippen LogP contribution in [0.5, 0.6) is 0 Å². The molecule has 0 radical (unpaired) electrons. The number of aliphatic hydroxyl groups is 1. The van der Waals surface area contributed by atoms with Gasteiger partial charge in [0, 0.05) is 44.5 Å². The van der Waals surface area contributed by atoms with Crippen LogP contribution in [-0.4, -0.2) is 40.8 Å². The summed E-state index contributed by atoms with van der Waals surface area (Å²) in [6, 6.07) is 8.41. The van der Waals surface area contributed by atoms with E-state index in [4.69, 9.17) is 5.11 Å². The van der Waals surface area contributed by atoms with E-state index < -0.39 is 0 Å². The Kier molecular flexibility index (Phi) is 4.06. The molecule has 0 aliphatic rings. The Balaban J connectivity index is 2.02. The van der Waals surface area contributed by atoms with E-state index in [1.54, 1.807) is 12.4 Å². The van der Waals surface area contributed by atoms with Crippen LogP contribution >= 0.6 is 0 Å². The lowest BCUT2D eigenvalue weighted by molar-refractivity contribution is 0.288. The molecule has 114 valence electrons. The standard InChI is InChI=1S/C17H20N4O/c1-21(2)16-6-5-12(10-13(16)4-3-9-22)14-11-15-17(20-14)19-8-7-18-15/h5-8,10-11,22H,3-4,9H2,1-2H3,(H,19,20). The van der Waals surface area contributed by atoms with Gasteiger partial charge in [0.2, 0.25) is 0 Å². The van der Waals surface area contributed by atoms with Crippen LogP contribution in [0.2, 0.25) is 0 Å². The minimum atomic E-state index is 0.206. The molecule has 0 bridgehead atoms. The number of nitrogens with one attached hydrogen (secondary N) is 1. The maximum atomic E-state index is 9.10. The Morgan fingerprint density at radius 2 is 1.95 bits per heavy atom. The summed E-state index contributed by atoms with van der Waals surface area (Å²) in [6.45, 7) is 0.206. The number of fused-ring (bicyclic) bond motifs is 1. The first-order chi connectivity index (χ1) is 10.7. The van der Waals surface area contributed by atoms with Gasteiger partial charge < -0.3 is 15.0 Å². The number of aryl methyl sites for hydroxylation is 1. The largest absolute Gasteiger partial charge is 0.396 e. The number of H-pyrrole nitrogens is 1. The highest BCUT2D eigenvalue weighted by atomic mass is 16.2. The van der Waals surface area contributed by atoms with E-state index in [2.05, 4.69) is 38.1 Å². The van der Waals surface area contributed by atoms with E-state index in [1.807, 2.05) is 20.2 Å². The number of aromatic amines is 1. The molecule has 0 atom stereocenters. The van der Waals surface area contributed by atoms with Gasteiger partial charge in [-0.2, -0.15) is 0 Å². The first-order valence-corrected chi connectivity index (χ1v) is 7.40. The van der Waals surface area contributed by atoms with E-state index >= 15 is 0 Å². The number of aliphatic hydroxyl groups excluding tert-OH is 1. The summed E-state index contributed by atoms with van der Waals surface area (Å²) in [7, 11) is 4.07. The number of rotatable bonds is 5. The number of nitrogens with zero attached hydrogens (tertiary/aromatic N) is 3. The first kappa shape index (κ1) is 14.5. The van der Waals surface area contributed by atoms with Crippen molar-refractivity contribution in [1.29, 1.82) is 0 Å². The van der Waals surface area contributed by atoms with Gasteiger partial charge in [-0.05, 0) is 42.2 Å². The van der Waals surface area contributed by atoms with E-state index in [0.717, 1.165) is 35.3 Å². The Bertz CT molecular complexity index is 746. The highest BCUT2D eigenvalue weighted by molar-refractivity contribution is 5.80. The fourth-order valence-electron chi connectivity index (χ4n) is 2.67. The minimum absolute atomic E-state index is 0.206. The van der Waals surface area contributed by atoms with Gasteiger partial charge in [-0.3, -0.25) is 4.98 Å². The second-order valence-corrected chi connectivity index (χ2v) is 5.54. The quantitative estimate of drug-likeness (QED) is 0.759. The van der Waals surface area contributed by atoms with Crippen LogP contribution in [0, 0.1) is 0 Å². The second-order valence-electron chi connectivity index (χ2n) is 5.54. The van der Waals surface area contributed by atoms with Crippen LogP contribution in [0.25, 0.3) is 22.4 Å². The zero-order valence-electron chi connectivity index (χ0n) is 12.9. The Morgan fingerprint density at radius 3 is 2.68 bits per heavy atom. The molecule has 1 aromatic carbocycles. The van der Waals surface area contributed by atoms with Gasteiger partial charge in [0.05, 0.1) is 0 Å². The molecular formula is C17H20N4O. The van der Waals surface area contributed by atoms with Crippen LogP contribution in [0.1, 0.15) is 12.0 Å². The predicted molar refractivity (Wildman–Crippen MR) is 89.1 cm³/mol. The zero-order valence-corrected chi connectivity index (χ0v) is 12.9. The van der Waals surface area contributed by atoms with Crippen LogP contribution in [0.3, 0.4) is 0 Å². The van der Waals surface area contributed by atoms with Crippen molar-refractivity contribution in [1.82, 2.24) is 15.0 Å². The lowest BCUT2D eigenvalue weighted by Gasteiger charge is -2.18. The molecule has 5 heteroatoms. The molecule has 0 unspecified atom stereocenters. The smallest absolute Gasteiger partial charge is 0.156 e. The molecule has 0 amide bonds. The van der Waals surface area contributed by atoms with Crippen LogP contribution in [-0.2, 0) is 6.42 Å². The van der Waals surface area contributed by atoms with Gasteiger partial charge in [-0.1, -0.05) is 6.07 Å². The highest BCUT2D eigenvalue weighted by Gasteiger charge is 2.09. The molecule has 0 fully saturated rings. The van der Waals surface area contributed by atoms with Gasteiger partial charge in [0.15, 0.2) is 5.65 Å². The van der Waals surface area contributed by atoms with E-state index in [1.165, 1.54) is 11.3 Å². The topological polar surface area (TPSA) is 65.0 Å². The Hall–Kier alpha value is -2.40. The van der Waals surface area contributed by atoms with Crippen molar-refractivity contribution in [3.63, 3.8) is 0 Å². The third kappa shape index (κ3) is 2.80. The Labute approximate surface area is 129 Å². The van der Waals surface area contributed by atoms with Gasteiger partial charge in [-0.25, -0.2) is 4.98 Å². The maximum absolute atomic E-state index is 9.10. The van der Waals surface area contributed by atoms with E-state index in [-0.39, 0.29) is 6.61 Å². The molecule has 0 saturated heterocycles. The molecule has 0 aliphatic heterocycles. The number of anilines is 1. The van der Waals surface area contributed by atoms with E-state index in [9.17, 15) is 0 Å². The third-order valence-electron chi connectivity index (χ3n) is 3.74. The molecule has 22 heavy (non-hydrogen) atoms. The van der Waals surface area contributed by atoms with Crippen molar-refractivity contribution in [2.45, 2.75) is 12.8 Å². The van der Waals surface area contributed by atoms with Crippen molar-refractivity contribution in [3.05, 3.63) is 42.2 Å². The molecule has 0 saturated carbocycles. The maximum Gasteiger partial charge on any atom is 0.156 e. The summed E-state index contributed by atoms with van der Waals surface area (Å²) in [6.07, 6.45) is 5.00. The van der Waals surface area contributed by atoms with Gasteiger partial charge in [-0.15, -0.1) is 0 Å². The molecule has 3 aromatic rings. The summed E-state index contributed by atoms with van der Waals surface area (Å²) >= 11 is 0. The summed E-state index contributed by atoms with van der Waals surface area (Å²) in [5.41, 5.74) is 6.20. The van der Waals surface area contributed by atoms with Crippen molar-refractivity contribution in [3.8, 4) is 11.3 Å². The van der Waals surface area contributed by atoms with Crippen LogP contribution in [0.15, 0.2) is 36.7 Å². The number of benzene rings is 1. The van der Waals surface area contributed by atoms with Gasteiger partial charge in [0.25, 0.3) is 0 Å². The highest BCUT2D eigenvalue weighted by Crippen LogP contribution is 2.28. The Morgan fingerprint density at radius 1 is 1.14 bits per heavy atom. The van der Waals surface area contributed by atoms with Crippen molar-refractivity contribution in [2.75, 3.05) is 25.6 Å². The number of hydrogen-bond acceptors (Lipinski definition) is 4. The predicted octanol–water partition coefficient (Wildman–Crippen LogP) is 2.62. The fourth-order valence-corrected chi connectivity index (χ4v) is 2.67. The van der Waals surface area contributed by atoms with E-state index in [0.29, 0.717) is 0 Å². The molecule has 3 rings (SSSR count). The van der Waals surface area contributed by atoms with Crippen molar-refractivity contribution in [2.24, 2.45) is 0 Å². The average molecular weight is 296 g/mol. The average Bonchev–Trinajstić information content (AvgIpc) is 2.96. The van der Waals surface area contributed by atoms with Gasteiger partial charge >= 0.3 is 0 Å². The summed E-state index contributed by atoms with van der Waals surface area (Å²) in [5.74, 6) is 0. The molecule has 5 nitrogen and oxygen atoms in total. The molecular weight excluding hydrogens is 276 g/mol. The SMILES string of the molecule is CN(C)c1ccc(-c2cc3nccnc3[nH]2)cc1CCCO. The summed E-state index contributed by atoms with van der Waals surface area (Å²) in [5, 5.41) is 9.10. The number of aromatic nitrogens is 3. The van der Waals surface area contributed by atoms with Crippen LogP contribution < -0.4 is 4.90 Å². The van der Waals surface area contributed by atoms with Crippen molar-refractivity contribution >= 4 is 16.9 Å². The minimum Gasteiger partial charge on any atom is -0.396 e. The molecule has 2 N–H and O–H groups in total. The third-order valence-corrected chi connectivity index (χ3v) is 3.74.